The molecule has 0 aromatic heterocycles. The molecule has 2 amide bonds. The second-order valence-corrected chi connectivity index (χ2v) is 5.89. The minimum atomic E-state index is -4.58. The predicted molar refractivity (Wildman–Crippen MR) is 87.6 cm³/mol. The molecule has 25 heavy (non-hydrogen) atoms. The second kappa shape index (κ2) is 6.40. The molecule has 4 nitrogen and oxygen atoms in total. The van der Waals surface area contributed by atoms with E-state index in [1.165, 1.54) is 4.90 Å². The normalized spacial score (nSPS) is 13.5. The van der Waals surface area contributed by atoms with Crippen LogP contribution in [0.1, 0.15) is 11.1 Å². The lowest BCUT2D eigenvalue weighted by Gasteiger charge is -2.17. The Morgan fingerprint density at radius 1 is 1.12 bits per heavy atom. The Balaban J connectivity index is 1.80. The van der Waals surface area contributed by atoms with Crippen molar-refractivity contribution in [3.05, 3.63) is 58.6 Å². The molecule has 0 radical (unpaired) electrons. The Bertz CT molecular complexity index is 852. The Kier molecular flexibility index (Phi) is 4.43. The molecule has 2 aromatic carbocycles. The van der Waals surface area contributed by atoms with Crippen LogP contribution in [0, 0.1) is 0 Å². The summed E-state index contributed by atoms with van der Waals surface area (Å²) in [5.41, 5.74) is 0.326. The number of hydrogen-bond donors (Lipinski definition) is 1. The molecule has 8 heteroatoms. The molecule has 1 aliphatic heterocycles. The fourth-order valence-corrected chi connectivity index (χ4v) is 2.81. The number of nitrogens with zero attached hydrogens (tertiary/aromatic N) is 1. The van der Waals surface area contributed by atoms with Gasteiger partial charge in [0.2, 0.25) is 0 Å². The van der Waals surface area contributed by atoms with Gasteiger partial charge in [-0.05, 0) is 36.2 Å². The molecule has 0 atom stereocenters. The minimum Gasteiger partial charge on any atom is -0.316 e. The zero-order chi connectivity index (χ0) is 18.2. The Morgan fingerprint density at radius 3 is 2.56 bits per heavy atom. The Labute approximate surface area is 146 Å². The van der Waals surface area contributed by atoms with Crippen LogP contribution in [-0.4, -0.2) is 18.4 Å². The van der Waals surface area contributed by atoms with Gasteiger partial charge in [0.05, 0.1) is 16.3 Å². The van der Waals surface area contributed by atoms with Gasteiger partial charge in [0.25, 0.3) is 0 Å². The maximum atomic E-state index is 12.8. The number of nitrogens with one attached hydrogen (secondary N) is 1. The first-order valence-electron chi connectivity index (χ1n) is 7.35. The van der Waals surface area contributed by atoms with Crippen LogP contribution in [0.3, 0.4) is 0 Å². The first kappa shape index (κ1) is 17.3. The number of para-hydroxylation sites is 1. The first-order chi connectivity index (χ1) is 11.8. The van der Waals surface area contributed by atoms with Gasteiger partial charge < -0.3 is 10.2 Å². The van der Waals surface area contributed by atoms with Crippen LogP contribution in [0.25, 0.3) is 0 Å². The van der Waals surface area contributed by atoms with E-state index in [4.69, 9.17) is 11.6 Å². The summed E-state index contributed by atoms with van der Waals surface area (Å²) in [5.74, 6) is -1.89. The van der Waals surface area contributed by atoms with Crippen LogP contribution in [0.2, 0.25) is 5.02 Å². The quantitative estimate of drug-likeness (QED) is 0.776. The number of alkyl halides is 3. The third kappa shape index (κ3) is 3.46. The zero-order valence-corrected chi connectivity index (χ0v) is 13.5. The number of hydrogen-bond acceptors (Lipinski definition) is 2. The summed E-state index contributed by atoms with van der Waals surface area (Å²) in [6, 6.07) is 9.66. The van der Waals surface area contributed by atoms with E-state index in [9.17, 15) is 22.8 Å². The number of fused-ring (bicyclic) bond motifs is 1. The van der Waals surface area contributed by atoms with Gasteiger partial charge in [0.15, 0.2) is 0 Å². The highest BCUT2D eigenvalue weighted by atomic mass is 35.5. The zero-order valence-electron chi connectivity index (χ0n) is 12.7. The lowest BCUT2D eigenvalue weighted by Crippen LogP contribution is -2.38. The van der Waals surface area contributed by atoms with E-state index in [2.05, 4.69) is 5.32 Å². The largest absolute Gasteiger partial charge is 0.416 e. The summed E-state index contributed by atoms with van der Waals surface area (Å²) < 4.78 is 38.3. The fraction of sp³-hybridized carbons (Fsp3) is 0.176. The smallest absolute Gasteiger partial charge is 0.316 e. The SMILES string of the molecule is O=C(Nc1cc(C(F)(F)F)ccc1Cl)C(=O)N1CCc2ccccc21. The number of amides is 2. The highest BCUT2D eigenvalue weighted by Crippen LogP contribution is 2.34. The molecule has 1 N–H and O–H groups in total. The summed E-state index contributed by atoms with van der Waals surface area (Å²) >= 11 is 5.83. The van der Waals surface area contributed by atoms with Crippen molar-refractivity contribution in [2.75, 3.05) is 16.8 Å². The maximum Gasteiger partial charge on any atom is 0.416 e. The van der Waals surface area contributed by atoms with Gasteiger partial charge >= 0.3 is 18.0 Å². The van der Waals surface area contributed by atoms with Crippen LogP contribution in [0.15, 0.2) is 42.5 Å². The van der Waals surface area contributed by atoms with E-state index in [0.717, 1.165) is 17.7 Å². The van der Waals surface area contributed by atoms with Crippen molar-refractivity contribution in [1.29, 1.82) is 0 Å². The summed E-state index contributed by atoms with van der Waals surface area (Å²) in [4.78, 5) is 25.8. The second-order valence-electron chi connectivity index (χ2n) is 5.48. The van der Waals surface area contributed by atoms with E-state index in [1.54, 1.807) is 12.1 Å². The minimum absolute atomic E-state index is 0.0871. The number of rotatable bonds is 1. The molecule has 0 bridgehead atoms. The molecule has 0 unspecified atom stereocenters. The van der Waals surface area contributed by atoms with Crippen molar-refractivity contribution in [3.8, 4) is 0 Å². The van der Waals surface area contributed by atoms with Gasteiger partial charge in [0, 0.05) is 12.2 Å². The van der Waals surface area contributed by atoms with Crippen LogP contribution in [0.4, 0.5) is 24.5 Å². The summed E-state index contributed by atoms with van der Waals surface area (Å²) in [5, 5.41) is 2.08. The van der Waals surface area contributed by atoms with Crippen molar-refractivity contribution in [2.24, 2.45) is 0 Å². The van der Waals surface area contributed by atoms with Gasteiger partial charge in [-0.15, -0.1) is 0 Å². The number of carbonyl (C=O) groups is 2. The van der Waals surface area contributed by atoms with Crippen molar-refractivity contribution in [1.82, 2.24) is 0 Å². The van der Waals surface area contributed by atoms with Gasteiger partial charge in [-0.2, -0.15) is 13.2 Å². The number of benzene rings is 2. The lowest BCUT2D eigenvalue weighted by molar-refractivity contribution is -0.137. The van der Waals surface area contributed by atoms with E-state index >= 15 is 0 Å². The molecule has 0 aliphatic carbocycles. The number of carbonyl (C=O) groups excluding carboxylic acids is 2. The van der Waals surface area contributed by atoms with Crippen molar-refractivity contribution < 1.29 is 22.8 Å². The van der Waals surface area contributed by atoms with E-state index in [1.807, 2.05) is 12.1 Å². The van der Waals surface area contributed by atoms with Crippen LogP contribution >= 0.6 is 11.6 Å². The van der Waals surface area contributed by atoms with Crippen LogP contribution in [0.5, 0.6) is 0 Å². The molecular weight excluding hydrogens is 357 g/mol. The Hall–Kier alpha value is -2.54. The average molecular weight is 369 g/mol. The highest BCUT2D eigenvalue weighted by Gasteiger charge is 2.32. The first-order valence-corrected chi connectivity index (χ1v) is 7.72. The molecule has 0 saturated carbocycles. The molecule has 2 aromatic rings. The Morgan fingerprint density at radius 2 is 1.84 bits per heavy atom. The standard InChI is InChI=1S/C17H12ClF3N2O2/c18-12-6-5-11(17(19,20)21)9-13(12)22-15(24)16(25)23-8-7-10-3-1-2-4-14(10)23/h1-6,9H,7-8H2,(H,22,24). The monoisotopic (exact) mass is 368 g/mol. The summed E-state index contributed by atoms with van der Waals surface area (Å²) in [6.45, 7) is 0.335. The molecule has 130 valence electrons. The van der Waals surface area contributed by atoms with E-state index in [-0.39, 0.29) is 10.7 Å². The number of anilines is 2. The van der Waals surface area contributed by atoms with Crippen molar-refractivity contribution in [2.45, 2.75) is 12.6 Å². The molecule has 0 fully saturated rings. The van der Waals surface area contributed by atoms with Gasteiger partial charge in [0.1, 0.15) is 0 Å². The van der Waals surface area contributed by atoms with E-state index in [0.29, 0.717) is 24.7 Å². The van der Waals surface area contributed by atoms with Crippen LogP contribution < -0.4 is 10.2 Å². The number of halogens is 4. The molecule has 0 saturated heterocycles. The average Bonchev–Trinajstić information content (AvgIpc) is 2.99. The molecule has 3 rings (SSSR count). The molecule has 1 heterocycles. The van der Waals surface area contributed by atoms with Gasteiger partial charge in [-0.25, -0.2) is 0 Å². The molecule has 0 spiro atoms. The third-order valence-electron chi connectivity index (χ3n) is 3.87. The highest BCUT2D eigenvalue weighted by molar-refractivity contribution is 6.45. The molecule has 1 aliphatic rings. The lowest BCUT2D eigenvalue weighted by atomic mass is 10.2. The van der Waals surface area contributed by atoms with Gasteiger partial charge in [-0.3, -0.25) is 9.59 Å². The summed E-state index contributed by atoms with van der Waals surface area (Å²) in [7, 11) is 0. The van der Waals surface area contributed by atoms with Crippen LogP contribution in [-0.2, 0) is 22.2 Å². The third-order valence-corrected chi connectivity index (χ3v) is 4.20. The topological polar surface area (TPSA) is 49.4 Å². The van der Waals surface area contributed by atoms with Gasteiger partial charge in [-0.1, -0.05) is 29.8 Å². The fourth-order valence-electron chi connectivity index (χ4n) is 2.64. The van der Waals surface area contributed by atoms with E-state index < -0.39 is 23.6 Å². The van der Waals surface area contributed by atoms with Crippen molar-refractivity contribution >= 4 is 34.8 Å². The maximum absolute atomic E-state index is 12.8. The van der Waals surface area contributed by atoms with Crippen molar-refractivity contribution in [3.63, 3.8) is 0 Å². The predicted octanol–water partition coefficient (Wildman–Crippen LogP) is 3.89. The molecular formula is C17H12ClF3N2O2. The summed E-state index contributed by atoms with van der Waals surface area (Å²) in [6.07, 6.45) is -3.97.